The summed E-state index contributed by atoms with van der Waals surface area (Å²) in [6.45, 7) is 2.39. The van der Waals surface area contributed by atoms with Gasteiger partial charge in [0.2, 0.25) is 5.91 Å². The molecule has 0 bridgehead atoms. The molecule has 1 amide bonds. The van der Waals surface area contributed by atoms with E-state index in [2.05, 4.69) is 0 Å². The first-order valence-electron chi connectivity index (χ1n) is 5.29. The SMILES string of the molecule is CCN(C(=O)CCCl)c1ccc(C(=O)O)cc1. The molecule has 1 aromatic carbocycles. The first-order valence-corrected chi connectivity index (χ1v) is 5.83. The number of carbonyl (C=O) groups is 2. The summed E-state index contributed by atoms with van der Waals surface area (Å²) in [6.07, 6.45) is 0.274. The average Bonchev–Trinajstić information content (AvgIpc) is 2.31. The standard InChI is InChI=1S/C12H14ClNO3/c1-2-14(11(15)7-8-13)10-5-3-9(4-6-10)12(16)17/h3-6H,2,7-8H2,1H3,(H,16,17). The number of nitrogens with zero attached hydrogens (tertiary/aromatic N) is 1. The summed E-state index contributed by atoms with van der Waals surface area (Å²) in [7, 11) is 0. The third-order valence-corrected chi connectivity index (χ3v) is 2.54. The van der Waals surface area contributed by atoms with E-state index >= 15 is 0 Å². The molecule has 0 saturated heterocycles. The number of benzene rings is 1. The van der Waals surface area contributed by atoms with Gasteiger partial charge >= 0.3 is 5.97 Å². The number of anilines is 1. The zero-order valence-corrected chi connectivity index (χ0v) is 10.3. The Kier molecular flexibility index (Phi) is 4.97. The van der Waals surface area contributed by atoms with E-state index in [0.717, 1.165) is 0 Å². The molecule has 4 nitrogen and oxygen atoms in total. The van der Waals surface area contributed by atoms with Gasteiger partial charge in [0.15, 0.2) is 0 Å². The molecule has 0 saturated carbocycles. The van der Waals surface area contributed by atoms with Crippen LogP contribution in [0.2, 0.25) is 0 Å². The zero-order valence-electron chi connectivity index (χ0n) is 9.52. The molecule has 0 aliphatic heterocycles. The predicted molar refractivity (Wildman–Crippen MR) is 66.8 cm³/mol. The maximum atomic E-state index is 11.7. The molecule has 0 fully saturated rings. The van der Waals surface area contributed by atoms with E-state index in [1.54, 1.807) is 17.0 Å². The first kappa shape index (κ1) is 13.5. The summed E-state index contributed by atoms with van der Waals surface area (Å²) < 4.78 is 0. The fourth-order valence-electron chi connectivity index (χ4n) is 1.50. The van der Waals surface area contributed by atoms with Crippen LogP contribution in [-0.2, 0) is 4.79 Å². The topological polar surface area (TPSA) is 57.6 Å². The van der Waals surface area contributed by atoms with Crippen LogP contribution in [-0.4, -0.2) is 29.4 Å². The summed E-state index contributed by atoms with van der Waals surface area (Å²) in [6, 6.07) is 6.21. The second-order valence-electron chi connectivity index (χ2n) is 3.43. The van der Waals surface area contributed by atoms with Gasteiger partial charge < -0.3 is 10.0 Å². The monoisotopic (exact) mass is 255 g/mol. The summed E-state index contributed by atoms with van der Waals surface area (Å²) in [4.78, 5) is 24.0. The van der Waals surface area contributed by atoms with E-state index in [1.807, 2.05) is 6.92 Å². The maximum absolute atomic E-state index is 11.7. The van der Waals surface area contributed by atoms with Gasteiger partial charge in [0.1, 0.15) is 0 Å². The quantitative estimate of drug-likeness (QED) is 0.822. The van der Waals surface area contributed by atoms with Gasteiger partial charge in [-0.05, 0) is 31.2 Å². The highest BCUT2D eigenvalue weighted by Gasteiger charge is 2.13. The van der Waals surface area contributed by atoms with Crippen LogP contribution in [0.3, 0.4) is 0 Å². The molecule has 92 valence electrons. The Labute approximate surface area is 105 Å². The van der Waals surface area contributed by atoms with Crippen molar-refractivity contribution in [1.29, 1.82) is 0 Å². The Morgan fingerprint density at radius 3 is 2.29 bits per heavy atom. The largest absolute Gasteiger partial charge is 0.478 e. The van der Waals surface area contributed by atoms with E-state index < -0.39 is 5.97 Å². The number of carboxylic acids is 1. The fourth-order valence-corrected chi connectivity index (χ4v) is 1.66. The molecular weight excluding hydrogens is 242 g/mol. The van der Waals surface area contributed by atoms with Gasteiger partial charge in [0.05, 0.1) is 5.56 Å². The van der Waals surface area contributed by atoms with Crippen molar-refractivity contribution in [2.24, 2.45) is 0 Å². The van der Waals surface area contributed by atoms with E-state index in [-0.39, 0.29) is 23.8 Å². The van der Waals surface area contributed by atoms with Crippen LogP contribution in [0, 0.1) is 0 Å². The highest BCUT2D eigenvalue weighted by Crippen LogP contribution is 2.16. The minimum Gasteiger partial charge on any atom is -0.478 e. The second-order valence-corrected chi connectivity index (χ2v) is 3.81. The number of hydrogen-bond donors (Lipinski definition) is 1. The van der Waals surface area contributed by atoms with Gasteiger partial charge in [-0.1, -0.05) is 0 Å². The lowest BCUT2D eigenvalue weighted by Gasteiger charge is -2.20. The highest BCUT2D eigenvalue weighted by molar-refractivity contribution is 6.19. The van der Waals surface area contributed by atoms with Crippen LogP contribution < -0.4 is 4.90 Å². The van der Waals surface area contributed by atoms with Crippen LogP contribution in [0.4, 0.5) is 5.69 Å². The molecule has 0 spiro atoms. The van der Waals surface area contributed by atoms with E-state index in [9.17, 15) is 9.59 Å². The maximum Gasteiger partial charge on any atom is 0.335 e. The molecule has 0 heterocycles. The van der Waals surface area contributed by atoms with Crippen molar-refractivity contribution in [3.05, 3.63) is 29.8 Å². The summed E-state index contributed by atoms with van der Waals surface area (Å²) in [5.41, 5.74) is 0.891. The smallest absolute Gasteiger partial charge is 0.335 e. The Morgan fingerprint density at radius 2 is 1.88 bits per heavy atom. The molecule has 0 aliphatic rings. The van der Waals surface area contributed by atoms with E-state index in [4.69, 9.17) is 16.7 Å². The lowest BCUT2D eigenvalue weighted by Crippen LogP contribution is -2.30. The van der Waals surface area contributed by atoms with Crippen LogP contribution >= 0.6 is 11.6 Å². The Hall–Kier alpha value is -1.55. The van der Waals surface area contributed by atoms with Gasteiger partial charge in [-0.15, -0.1) is 11.6 Å². The van der Waals surface area contributed by atoms with Crippen LogP contribution in [0.25, 0.3) is 0 Å². The summed E-state index contributed by atoms with van der Waals surface area (Å²) in [5.74, 6) is -0.764. The predicted octanol–water partition coefficient (Wildman–Crippen LogP) is 2.37. The van der Waals surface area contributed by atoms with Crippen LogP contribution in [0.1, 0.15) is 23.7 Å². The lowest BCUT2D eigenvalue weighted by molar-refractivity contribution is -0.118. The second kappa shape index (κ2) is 6.25. The molecule has 1 N–H and O–H groups in total. The number of carbonyl (C=O) groups excluding carboxylic acids is 1. The molecular formula is C12H14ClNO3. The molecule has 1 aromatic rings. The minimum atomic E-state index is -0.980. The van der Waals surface area contributed by atoms with Crippen molar-refractivity contribution >= 4 is 29.2 Å². The van der Waals surface area contributed by atoms with Crippen molar-refractivity contribution in [1.82, 2.24) is 0 Å². The minimum absolute atomic E-state index is 0.0643. The molecule has 0 aromatic heterocycles. The molecule has 0 atom stereocenters. The molecule has 0 aliphatic carbocycles. The zero-order chi connectivity index (χ0) is 12.8. The third kappa shape index (κ3) is 3.46. The number of aromatic carboxylic acids is 1. The van der Waals surface area contributed by atoms with Gasteiger partial charge in [0, 0.05) is 24.5 Å². The van der Waals surface area contributed by atoms with Crippen LogP contribution in [0.15, 0.2) is 24.3 Å². The van der Waals surface area contributed by atoms with E-state index in [1.165, 1.54) is 12.1 Å². The number of rotatable bonds is 5. The van der Waals surface area contributed by atoms with Crippen molar-refractivity contribution in [3.63, 3.8) is 0 Å². The first-order chi connectivity index (χ1) is 8.10. The average molecular weight is 256 g/mol. The fraction of sp³-hybridized carbons (Fsp3) is 0.333. The normalized spacial score (nSPS) is 10.0. The number of alkyl halides is 1. The Balaban J connectivity index is 2.89. The van der Waals surface area contributed by atoms with Crippen molar-refractivity contribution < 1.29 is 14.7 Å². The van der Waals surface area contributed by atoms with Gasteiger partial charge in [-0.2, -0.15) is 0 Å². The lowest BCUT2D eigenvalue weighted by atomic mass is 10.2. The molecule has 0 radical (unpaired) electrons. The van der Waals surface area contributed by atoms with Gasteiger partial charge in [-0.3, -0.25) is 4.79 Å². The summed E-state index contributed by atoms with van der Waals surface area (Å²) >= 11 is 5.53. The van der Waals surface area contributed by atoms with Crippen molar-refractivity contribution in [2.75, 3.05) is 17.3 Å². The number of halogens is 1. The van der Waals surface area contributed by atoms with Crippen LogP contribution in [0.5, 0.6) is 0 Å². The van der Waals surface area contributed by atoms with E-state index in [0.29, 0.717) is 12.2 Å². The molecule has 1 rings (SSSR count). The molecule has 5 heteroatoms. The highest BCUT2D eigenvalue weighted by atomic mass is 35.5. The molecule has 17 heavy (non-hydrogen) atoms. The Bertz CT molecular complexity index is 403. The number of carboxylic acid groups (broad SMARTS) is 1. The number of amides is 1. The van der Waals surface area contributed by atoms with Crippen molar-refractivity contribution in [2.45, 2.75) is 13.3 Å². The van der Waals surface area contributed by atoms with Gasteiger partial charge in [0.25, 0.3) is 0 Å². The Morgan fingerprint density at radius 1 is 1.29 bits per heavy atom. The molecule has 0 unspecified atom stereocenters. The number of hydrogen-bond acceptors (Lipinski definition) is 2. The van der Waals surface area contributed by atoms with Crippen molar-refractivity contribution in [3.8, 4) is 0 Å². The third-order valence-electron chi connectivity index (χ3n) is 2.35. The summed E-state index contributed by atoms with van der Waals surface area (Å²) in [5, 5.41) is 8.77. The van der Waals surface area contributed by atoms with Gasteiger partial charge in [-0.25, -0.2) is 4.79 Å².